The molecule has 0 fully saturated rings. The van der Waals surface area contributed by atoms with Crippen molar-refractivity contribution in [3.05, 3.63) is 41.5 Å². The molecule has 232 valence electrons. The Morgan fingerprint density at radius 3 is 1.88 bits per heavy atom. The highest BCUT2D eigenvalue weighted by Gasteiger charge is 2.43. The lowest BCUT2D eigenvalue weighted by Gasteiger charge is -2.43. The number of rotatable bonds is 15. The second-order valence-electron chi connectivity index (χ2n) is 14.9. The third kappa shape index (κ3) is 10.7. The van der Waals surface area contributed by atoms with Crippen molar-refractivity contribution in [2.45, 2.75) is 124 Å². The van der Waals surface area contributed by atoms with E-state index in [2.05, 4.69) is 102 Å². The minimum atomic E-state index is -2.10. The molecule has 0 amide bonds. The van der Waals surface area contributed by atoms with E-state index in [0.29, 0.717) is 13.2 Å². The normalized spacial score (nSPS) is 17.8. The predicted octanol–water partition coefficient (Wildman–Crippen LogP) is 8.84. The fourth-order valence-electron chi connectivity index (χ4n) is 4.28. The molecule has 0 heterocycles. The fraction of sp³-hybridized carbons (Fsp3) is 0.758. The average Bonchev–Trinajstić information content (AvgIpc) is 2.84. The predicted molar refractivity (Wildman–Crippen MR) is 175 cm³/mol. The molecule has 0 unspecified atom stereocenters. The minimum absolute atomic E-state index is 0.0362. The van der Waals surface area contributed by atoms with Gasteiger partial charge in [0.15, 0.2) is 16.6 Å². The average molecular weight is 595 g/mol. The number of hydrogen-bond acceptors (Lipinski definition) is 5. The molecule has 40 heavy (non-hydrogen) atoms. The summed E-state index contributed by atoms with van der Waals surface area (Å²) in [5.74, 6) is 1.10. The fourth-order valence-corrected chi connectivity index (χ4v) is 6.78. The zero-order valence-electron chi connectivity index (χ0n) is 28.5. The third-order valence-corrected chi connectivity index (χ3v) is 18.1. The molecule has 0 aliphatic heterocycles. The van der Waals surface area contributed by atoms with Crippen LogP contribution >= 0.6 is 0 Å². The first kappa shape index (κ1) is 37.1. The van der Waals surface area contributed by atoms with Gasteiger partial charge in [0, 0.05) is 25.0 Å². The molecule has 5 atom stereocenters. The molecular weight excluding hydrogens is 533 g/mol. The van der Waals surface area contributed by atoms with E-state index < -0.39 is 16.6 Å². The minimum Gasteiger partial charge on any atom is -0.497 e. The second-order valence-corrected chi connectivity index (χ2v) is 24.5. The van der Waals surface area contributed by atoms with Crippen LogP contribution in [-0.2, 0) is 20.2 Å². The summed E-state index contributed by atoms with van der Waals surface area (Å²) >= 11 is 0. The summed E-state index contributed by atoms with van der Waals surface area (Å²) in [6.45, 7) is 32.9. The summed E-state index contributed by atoms with van der Waals surface area (Å²) < 4.78 is 25.6. The van der Waals surface area contributed by atoms with Crippen LogP contribution in [0.3, 0.4) is 0 Å². The lowest BCUT2D eigenvalue weighted by molar-refractivity contribution is -0.0651. The van der Waals surface area contributed by atoms with Crippen LogP contribution in [0.5, 0.6) is 5.75 Å². The van der Waals surface area contributed by atoms with E-state index >= 15 is 0 Å². The van der Waals surface area contributed by atoms with Crippen LogP contribution in [0.15, 0.2) is 35.9 Å². The molecule has 0 aliphatic carbocycles. The largest absolute Gasteiger partial charge is 0.497 e. The van der Waals surface area contributed by atoms with Gasteiger partial charge in [0.25, 0.3) is 0 Å². The highest BCUT2D eigenvalue weighted by atomic mass is 28.4. The van der Waals surface area contributed by atoms with Gasteiger partial charge in [0.05, 0.1) is 25.9 Å². The van der Waals surface area contributed by atoms with Gasteiger partial charge >= 0.3 is 0 Å². The Balaban J connectivity index is 3.30. The molecule has 1 N–H and O–H groups in total. The van der Waals surface area contributed by atoms with E-state index in [0.717, 1.165) is 11.3 Å². The van der Waals surface area contributed by atoms with Crippen molar-refractivity contribution >= 4 is 16.6 Å². The summed E-state index contributed by atoms with van der Waals surface area (Å²) in [5, 5.41) is 10.5. The van der Waals surface area contributed by atoms with E-state index in [4.69, 9.17) is 18.3 Å². The maximum absolute atomic E-state index is 10.2. The molecule has 0 bridgehead atoms. The van der Waals surface area contributed by atoms with Crippen molar-refractivity contribution in [3.63, 3.8) is 0 Å². The van der Waals surface area contributed by atoms with Crippen molar-refractivity contribution in [3.8, 4) is 5.75 Å². The molecule has 0 aliphatic rings. The van der Waals surface area contributed by atoms with Crippen LogP contribution in [0.1, 0.15) is 74.8 Å². The van der Waals surface area contributed by atoms with Crippen LogP contribution in [0, 0.1) is 17.8 Å². The van der Waals surface area contributed by atoms with E-state index in [1.165, 1.54) is 5.57 Å². The van der Waals surface area contributed by atoms with Crippen LogP contribution in [0.4, 0.5) is 0 Å². The molecule has 0 saturated heterocycles. The summed E-state index contributed by atoms with van der Waals surface area (Å²) in [7, 11) is -2.26. The molecule has 0 aromatic heterocycles. The number of aliphatic hydroxyl groups excluding tert-OH is 1. The maximum Gasteiger partial charge on any atom is 0.192 e. The van der Waals surface area contributed by atoms with E-state index in [9.17, 15) is 5.11 Å². The summed E-state index contributed by atoms with van der Waals surface area (Å²) in [4.78, 5) is 0. The lowest BCUT2D eigenvalue weighted by atomic mass is 9.86. The Labute approximate surface area is 249 Å². The molecule has 1 aromatic carbocycles. The van der Waals surface area contributed by atoms with Crippen molar-refractivity contribution in [1.82, 2.24) is 0 Å². The smallest absolute Gasteiger partial charge is 0.192 e. The van der Waals surface area contributed by atoms with Gasteiger partial charge in [-0.3, -0.25) is 0 Å². The number of ether oxygens (including phenoxy) is 2. The van der Waals surface area contributed by atoms with Crippen molar-refractivity contribution in [2.75, 3.05) is 20.3 Å². The van der Waals surface area contributed by atoms with E-state index in [1.807, 2.05) is 24.3 Å². The van der Waals surface area contributed by atoms with Gasteiger partial charge in [-0.25, -0.2) is 0 Å². The molecule has 0 saturated carbocycles. The summed E-state index contributed by atoms with van der Waals surface area (Å²) in [6, 6.07) is 7.97. The molecule has 1 rings (SSSR count). The molecule has 0 radical (unpaired) electrons. The number of methoxy groups -OCH3 is 1. The second kappa shape index (κ2) is 15.0. The van der Waals surface area contributed by atoms with E-state index in [1.54, 1.807) is 7.11 Å². The van der Waals surface area contributed by atoms with Gasteiger partial charge in [-0.15, -0.1) is 0 Å². The zero-order valence-corrected chi connectivity index (χ0v) is 30.5. The maximum atomic E-state index is 10.2. The Kier molecular flexibility index (Phi) is 13.9. The van der Waals surface area contributed by atoms with Crippen LogP contribution in [0.25, 0.3) is 0 Å². The first-order valence-electron chi connectivity index (χ1n) is 15.0. The summed E-state index contributed by atoms with van der Waals surface area (Å²) in [6.07, 6.45) is 2.04. The van der Waals surface area contributed by atoms with Crippen molar-refractivity contribution in [1.29, 1.82) is 0 Å². The van der Waals surface area contributed by atoms with Crippen LogP contribution < -0.4 is 4.74 Å². The Morgan fingerprint density at radius 1 is 0.900 bits per heavy atom. The Hall–Kier alpha value is -0.966. The first-order valence-corrected chi connectivity index (χ1v) is 20.8. The topological polar surface area (TPSA) is 57.2 Å². The quantitative estimate of drug-likeness (QED) is 0.162. The third-order valence-electron chi connectivity index (χ3n) is 9.18. The first-order chi connectivity index (χ1) is 18.2. The Morgan fingerprint density at radius 2 is 1.43 bits per heavy atom. The van der Waals surface area contributed by atoms with Gasteiger partial charge in [-0.2, -0.15) is 0 Å². The van der Waals surface area contributed by atoms with Gasteiger partial charge in [-0.05, 0) is 72.4 Å². The van der Waals surface area contributed by atoms with Gasteiger partial charge in [0.1, 0.15) is 5.75 Å². The van der Waals surface area contributed by atoms with Crippen LogP contribution in [-0.4, -0.2) is 54.3 Å². The molecule has 5 nitrogen and oxygen atoms in total. The number of hydrogen-bond donors (Lipinski definition) is 1. The standard InChI is InChI=1S/C33H62O5Si2/c1-24(22-37-39(12,13)32(5,6)7)20-25(2)31(38-40(14,15)33(8,9)10)27(4)30(26(3)21-34)36-23-28-16-18-29(35-11)19-17-28/h16-20,24,26-27,30-31,34H,21-23H2,1-15H3/b25-20+/t24-,26+,27+,30-,31+/m1/s1. The molecule has 0 spiro atoms. The van der Waals surface area contributed by atoms with Crippen molar-refractivity contribution in [2.24, 2.45) is 17.8 Å². The van der Waals surface area contributed by atoms with Gasteiger partial charge in [0.2, 0.25) is 0 Å². The van der Waals surface area contributed by atoms with Crippen LogP contribution in [0.2, 0.25) is 36.3 Å². The monoisotopic (exact) mass is 594 g/mol. The summed E-state index contributed by atoms with van der Waals surface area (Å²) in [5.41, 5.74) is 2.29. The van der Waals surface area contributed by atoms with E-state index in [-0.39, 0.29) is 46.6 Å². The molecule has 1 aromatic rings. The molecule has 7 heteroatoms. The number of benzene rings is 1. The highest BCUT2D eigenvalue weighted by molar-refractivity contribution is 6.74. The number of aliphatic hydroxyl groups is 1. The zero-order chi connectivity index (χ0) is 31.1. The van der Waals surface area contributed by atoms with Gasteiger partial charge < -0.3 is 23.4 Å². The molecular formula is C33H62O5Si2. The highest BCUT2D eigenvalue weighted by Crippen LogP contribution is 2.41. The Bertz CT molecular complexity index is 912. The lowest BCUT2D eigenvalue weighted by Crippen LogP contribution is -2.49. The van der Waals surface area contributed by atoms with Gasteiger partial charge in [-0.1, -0.05) is 80.5 Å². The van der Waals surface area contributed by atoms with Crippen molar-refractivity contribution < 1.29 is 23.4 Å². The SMILES string of the molecule is COc1ccc(CO[C@@H]([C@H](C)[C@@H](O[Si](C)(C)C(C)(C)C)/C(C)=C/[C@@H](C)CO[Si](C)(C)C(C)(C)C)[C@@H](C)CO)cc1.